The molecule has 0 spiro atoms. The number of hydrogen-bond acceptors (Lipinski definition) is 4. The lowest BCUT2D eigenvalue weighted by Gasteiger charge is -2.14. The highest BCUT2D eigenvalue weighted by Gasteiger charge is 2.18. The number of ether oxygens (including phenoxy) is 1. The maximum absolute atomic E-state index is 9.62. The van der Waals surface area contributed by atoms with Gasteiger partial charge in [-0.3, -0.25) is 0 Å². The van der Waals surface area contributed by atoms with Crippen LogP contribution in [-0.4, -0.2) is 16.1 Å². The highest BCUT2D eigenvalue weighted by molar-refractivity contribution is 5.72. The van der Waals surface area contributed by atoms with E-state index in [2.05, 4.69) is 16.0 Å². The second-order valence-corrected chi connectivity index (χ2v) is 5.59. The van der Waals surface area contributed by atoms with E-state index < -0.39 is 0 Å². The summed E-state index contributed by atoms with van der Waals surface area (Å²) in [5.41, 5.74) is 2.69. The van der Waals surface area contributed by atoms with E-state index in [0.717, 1.165) is 11.1 Å². The highest BCUT2D eigenvalue weighted by atomic mass is 16.5. The van der Waals surface area contributed by atoms with Crippen LogP contribution in [0.15, 0.2) is 60.7 Å². The third kappa shape index (κ3) is 3.26. The molecule has 2 aromatic carbocycles. The molecular weight excluding hydrogens is 298 g/mol. The van der Waals surface area contributed by atoms with Crippen molar-refractivity contribution in [2.45, 2.75) is 20.0 Å². The van der Waals surface area contributed by atoms with Crippen LogP contribution in [0.2, 0.25) is 0 Å². The summed E-state index contributed by atoms with van der Waals surface area (Å²) in [6.07, 6.45) is -0.0840. The Hall–Kier alpha value is -3.19. The fraction of sp³-hybridized carbons (Fsp3) is 0.150. The van der Waals surface area contributed by atoms with E-state index in [1.54, 1.807) is 0 Å². The summed E-state index contributed by atoms with van der Waals surface area (Å²) in [7, 11) is 0. The predicted octanol–water partition coefficient (Wildman–Crippen LogP) is 4.47. The number of aromatic nitrogens is 2. The van der Waals surface area contributed by atoms with E-state index in [1.165, 1.54) is 0 Å². The van der Waals surface area contributed by atoms with Crippen molar-refractivity contribution in [3.63, 3.8) is 0 Å². The first-order valence-corrected chi connectivity index (χ1v) is 7.78. The molecule has 0 bridgehead atoms. The normalized spacial score (nSPS) is 10.4. The van der Waals surface area contributed by atoms with Crippen LogP contribution in [0, 0.1) is 11.3 Å². The zero-order chi connectivity index (χ0) is 16.9. The Balaban J connectivity index is 2.25. The molecule has 0 N–H and O–H groups in total. The fourth-order valence-corrected chi connectivity index (χ4v) is 2.37. The maximum atomic E-state index is 9.62. The lowest BCUT2D eigenvalue weighted by molar-refractivity contribution is 0.232. The van der Waals surface area contributed by atoms with Crippen LogP contribution in [-0.2, 0) is 0 Å². The average Bonchev–Trinajstić information content (AvgIpc) is 2.62. The van der Waals surface area contributed by atoms with Gasteiger partial charge >= 0.3 is 0 Å². The van der Waals surface area contributed by atoms with Gasteiger partial charge in [0.1, 0.15) is 11.6 Å². The summed E-state index contributed by atoms with van der Waals surface area (Å²) in [4.78, 5) is 9.12. The first-order chi connectivity index (χ1) is 11.7. The van der Waals surface area contributed by atoms with Crippen LogP contribution in [0.25, 0.3) is 22.6 Å². The van der Waals surface area contributed by atoms with Crippen LogP contribution in [0.5, 0.6) is 5.88 Å². The van der Waals surface area contributed by atoms with Crippen molar-refractivity contribution in [1.29, 1.82) is 5.26 Å². The Morgan fingerprint density at radius 3 is 2.00 bits per heavy atom. The van der Waals surface area contributed by atoms with Crippen molar-refractivity contribution in [3.8, 4) is 34.6 Å². The summed E-state index contributed by atoms with van der Waals surface area (Å²) in [6.45, 7) is 3.82. The molecule has 1 heterocycles. The van der Waals surface area contributed by atoms with Gasteiger partial charge < -0.3 is 4.74 Å². The molecule has 24 heavy (non-hydrogen) atoms. The van der Waals surface area contributed by atoms with E-state index >= 15 is 0 Å². The van der Waals surface area contributed by atoms with Crippen molar-refractivity contribution < 1.29 is 4.74 Å². The molecule has 118 valence electrons. The largest absolute Gasteiger partial charge is 0.474 e. The molecule has 0 aliphatic heterocycles. The molecule has 0 fully saturated rings. The van der Waals surface area contributed by atoms with E-state index in [-0.39, 0.29) is 6.10 Å². The Morgan fingerprint density at radius 1 is 0.875 bits per heavy atom. The molecule has 1 aromatic heterocycles. The maximum Gasteiger partial charge on any atom is 0.236 e. The quantitative estimate of drug-likeness (QED) is 0.712. The van der Waals surface area contributed by atoms with Gasteiger partial charge in [-0.1, -0.05) is 60.7 Å². The summed E-state index contributed by atoms with van der Waals surface area (Å²) in [5.74, 6) is 0.865. The zero-order valence-corrected chi connectivity index (χ0v) is 13.6. The van der Waals surface area contributed by atoms with Crippen LogP contribution in [0.3, 0.4) is 0 Å². The topological polar surface area (TPSA) is 58.8 Å². The first-order valence-electron chi connectivity index (χ1n) is 7.78. The van der Waals surface area contributed by atoms with Crippen LogP contribution in [0.1, 0.15) is 19.4 Å². The summed E-state index contributed by atoms with van der Waals surface area (Å²) >= 11 is 0. The molecule has 3 aromatic rings. The zero-order valence-electron chi connectivity index (χ0n) is 13.6. The molecule has 0 amide bonds. The number of hydrogen-bond donors (Lipinski definition) is 0. The van der Waals surface area contributed by atoms with Crippen LogP contribution >= 0.6 is 0 Å². The van der Waals surface area contributed by atoms with Gasteiger partial charge in [0.15, 0.2) is 5.82 Å². The highest BCUT2D eigenvalue weighted by Crippen LogP contribution is 2.30. The van der Waals surface area contributed by atoms with E-state index in [4.69, 9.17) is 4.74 Å². The Morgan fingerprint density at radius 2 is 1.46 bits per heavy atom. The van der Waals surface area contributed by atoms with Gasteiger partial charge in [0, 0.05) is 11.1 Å². The number of nitriles is 1. The van der Waals surface area contributed by atoms with Gasteiger partial charge in [0.2, 0.25) is 5.88 Å². The monoisotopic (exact) mass is 315 g/mol. The standard InChI is InChI=1S/C20H17N3O/c1-14(2)24-20-17(13-21)18(15-9-5-3-6-10-15)22-19(23-20)16-11-7-4-8-12-16/h3-12,14H,1-2H3. The van der Waals surface area contributed by atoms with Crippen molar-refractivity contribution >= 4 is 0 Å². The molecular formula is C20H17N3O. The summed E-state index contributed by atoms with van der Waals surface area (Å²) in [6, 6.07) is 21.5. The SMILES string of the molecule is CC(C)Oc1nc(-c2ccccc2)nc(-c2ccccc2)c1C#N. The van der Waals surface area contributed by atoms with Gasteiger partial charge in [-0.2, -0.15) is 10.2 Å². The minimum absolute atomic E-state index is 0.0840. The first kappa shape index (κ1) is 15.7. The summed E-state index contributed by atoms with van der Waals surface area (Å²) < 4.78 is 5.79. The molecule has 0 radical (unpaired) electrons. The summed E-state index contributed by atoms with van der Waals surface area (Å²) in [5, 5.41) is 9.62. The van der Waals surface area contributed by atoms with Crippen molar-refractivity contribution in [3.05, 3.63) is 66.2 Å². The van der Waals surface area contributed by atoms with Crippen molar-refractivity contribution in [2.24, 2.45) is 0 Å². The van der Waals surface area contributed by atoms with E-state index in [0.29, 0.717) is 23.0 Å². The van der Waals surface area contributed by atoms with E-state index in [9.17, 15) is 5.26 Å². The van der Waals surface area contributed by atoms with Gasteiger partial charge in [0.25, 0.3) is 0 Å². The van der Waals surface area contributed by atoms with Crippen LogP contribution < -0.4 is 4.74 Å². The number of benzene rings is 2. The molecule has 4 heteroatoms. The predicted molar refractivity (Wildman–Crippen MR) is 93.4 cm³/mol. The molecule has 3 rings (SSSR count). The smallest absolute Gasteiger partial charge is 0.236 e. The van der Waals surface area contributed by atoms with Gasteiger partial charge in [-0.05, 0) is 13.8 Å². The second-order valence-electron chi connectivity index (χ2n) is 5.59. The Bertz CT molecular complexity index is 869. The van der Waals surface area contributed by atoms with Gasteiger partial charge in [0.05, 0.1) is 11.8 Å². The Kier molecular flexibility index (Phi) is 4.53. The minimum atomic E-state index is -0.0840. The lowest BCUT2D eigenvalue weighted by Crippen LogP contribution is -2.10. The molecule has 0 saturated carbocycles. The van der Waals surface area contributed by atoms with Crippen molar-refractivity contribution in [1.82, 2.24) is 9.97 Å². The molecule has 0 unspecified atom stereocenters. The fourth-order valence-electron chi connectivity index (χ4n) is 2.37. The van der Waals surface area contributed by atoms with Crippen molar-refractivity contribution in [2.75, 3.05) is 0 Å². The molecule has 0 aliphatic carbocycles. The molecule has 4 nitrogen and oxygen atoms in total. The average molecular weight is 315 g/mol. The van der Waals surface area contributed by atoms with Gasteiger partial charge in [-0.25, -0.2) is 4.98 Å². The lowest BCUT2D eigenvalue weighted by atomic mass is 10.1. The minimum Gasteiger partial charge on any atom is -0.474 e. The molecule has 0 atom stereocenters. The number of rotatable bonds is 4. The van der Waals surface area contributed by atoms with Crippen LogP contribution in [0.4, 0.5) is 0 Å². The number of nitrogens with zero attached hydrogens (tertiary/aromatic N) is 3. The molecule has 0 saturated heterocycles. The third-order valence-corrected chi connectivity index (χ3v) is 3.41. The molecule has 0 aliphatic rings. The third-order valence-electron chi connectivity index (χ3n) is 3.41. The van der Waals surface area contributed by atoms with Gasteiger partial charge in [-0.15, -0.1) is 0 Å². The van der Waals surface area contributed by atoms with E-state index in [1.807, 2.05) is 74.5 Å². The second kappa shape index (κ2) is 6.93. The Labute approximate surface area is 141 Å².